The second-order valence-corrected chi connectivity index (χ2v) is 3.50. The molecule has 2 aromatic heterocycles. The molecule has 0 radical (unpaired) electrons. The maximum absolute atomic E-state index is 10.5. The molecule has 6 heteroatoms. The van der Waals surface area contributed by atoms with E-state index in [2.05, 4.69) is 9.97 Å². The molecule has 0 aliphatic heterocycles. The minimum absolute atomic E-state index is 0.167. The number of carbonyl (C=O) groups excluding carboxylic acids is 1. The molecule has 0 aliphatic carbocycles. The predicted octanol–water partition coefficient (Wildman–Crippen LogP) is 0.800. The number of nitrogens with two attached hydrogens (primary N) is 1. The molecule has 5 nitrogen and oxygen atoms in total. The van der Waals surface area contributed by atoms with Gasteiger partial charge in [0, 0.05) is 12.3 Å². The number of primary amides is 1. The molecule has 2 rings (SSSR count). The van der Waals surface area contributed by atoms with Gasteiger partial charge < -0.3 is 10.2 Å². The summed E-state index contributed by atoms with van der Waals surface area (Å²) in [7, 11) is 0. The highest BCUT2D eigenvalue weighted by Gasteiger charge is 2.06. The third kappa shape index (κ3) is 1.85. The zero-order chi connectivity index (χ0) is 9.97. The molecule has 0 aliphatic rings. The maximum atomic E-state index is 10.5. The fourth-order valence-corrected chi connectivity index (χ4v) is 1.53. The molecular weight excluding hydrogens is 202 g/mol. The molecule has 0 aromatic carbocycles. The number of rotatable bonds is 3. The monoisotopic (exact) mass is 209 g/mol. The summed E-state index contributed by atoms with van der Waals surface area (Å²) in [6.07, 6.45) is 3.23. The largest absolute Gasteiger partial charge is 0.431 e. The summed E-state index contributed by atoms with van der Waals surface area (Å²) in [6.45, 7) is 0. The highest BCUT2D eigenvalue weighted by atomic mass is 32.2. The summed E-state index contributed by atoms with van der Waals surface area (Å²) < 4.78 is 5.32. The number of carbonyl (C=O) groups is 1. The molecule has 2 heterocycles. The van der Waals surface area contributed by atoms with E-state index in [4.69, 9.17) is 10.2 Å². The van der Waals surface area contributed by atoms with Gasteiger partial charge in [-0.25, -0.2) is 4.98 Å². The van der Waals surface area contributed by atoms with Crippen LogP contribution in [0, 0.1) is 0 Å². The summed E-state index contributed by atoms with van der Waals surface area (Å²) >= 11 is 1.17. The van der Waals surface area contributed by atoms with Crippen LogP contribution in [-0.2, 0) is 4.79 Å². The van der Waals surface area contributed by atoms with E-state index in [9.17, 15) is 4.79 Å². The second kappa shape index (κ2) is 3.67. The van der Waals surface area contributed by atoms with E-state index < -0.39 is 5.91 Å². The first-order valence-electron chi connectivity index (χ1n) is 3.87. The van der Waals surface area contributed by atoms with Gasteiger partial charge in [-0.15, -0.1) is 0 Å². The minimum Gasteiger partial charge on any atom is -0.431 e. The molecule has 0 fully saturated rings. The normalized spacial score (nSPS) is 10.6. The SMILES string of the molecule is NC(=O)CSc1nc2cnccc2o1. The van der Waals surface area contributed by atoms with Gasteiger partial charge in [-0.2, -0.15) is 0 Å². The lowest BCUT2D eigenvalue weighted by Crippen LogP contribution is -2.12. The molecule has 72 valence electrons. The zero-order valence-electron chi connectivity index (χ0n) is 7.14. The molecule has 0 atom stereocenters. The molecule has 0 unspecified atom stereocenters. The number of nitrogens with zero attached hydrogens (tertiary/aromatic N) is 2. The maximum Gasteiger partial charge on any atom is 0.257 e. The topological polar surface area (TPSA) is 82.0 Å². The number of thioether (sulfide) groups is 1. The van der Waals surface area contributed by atoms with Gasteiger partial charge in [0.1, 0.15) is 5.52 Å². The van der Waals surface area contributed by atoms with E-state index >= 15 is 0 Å². The molecule has 14 heavy (non-hydrogen) atoms. The Kier molecular flexibility index (Phi) is 2.36. The average Bonchev–Trinajstić information content (AvgIpc) is 2.57. The molecule has 0 bridgehead atoms. The fraction of sp³-hybridized carbons (Fsp3) is 0.125. The van der Waals surface area contributed by atoms with Crippen LogP contribution < -0.4 is 5.73 Å². The van der Waals surface area contributed by atoms with Crippen molar-refractivity contribution in [2.45, 2.75) is 5.22 Å². The van der Waals surface area contributed by atoms with Crippen LogP contribution in [0.4, 0.5) is 0 Å². The Morgan fingerprint density at radius 1 is 1.64 bits per heavy atom. The lowest BCUT2D eigenvalue weighted by atomic mass is 10.4. The Morgan fingerprint density at radius 3 is 3.21 bits per heavy atom. The van der Waals surface area contributed by atoms with E-state index in [1.165, 1.54) is 11.8 Å². The van der Waals surface area contributed by atoms with Crippen LogP contribution >= 0.6 is 11.8 Å². The summed E-state index contributed by atoms with van der Waals surface area (Å²) in [5.74, 6) is -0.226. The average molecular weight is 209 g/mol. The van der Waals surface area contributed by atoms with E-state index in [-0.39, 0.29) is 5.75 Å². The highest BCUT2D eigenvalue weighted by molar-refractivity contribution is 7.99. The summed E-state index contributed by atoms with van der Waals surface area (Å²) in [6, 6.07) is 1.72. The van der Waals surface area contributed by atoms with Crippen LogP contribution in [0.1, 0.15) is 0 Å². The van der Waals surface area contributed by atoms with Crippen molar-refractivity contribution < 1.29 is 9.21 Å². The van der Waals surface area contributed by atoms with Crippen molar-refractivity contribution in [3.63, 3.8) is 0 Å². The van der Waals surface area contributed by atoms with Gasteiger partial charge in [-0.1, -0.05) is 11.8 Å². The third-order valence-corrected chi connectivity index (χ3v) is 2.36. The molecule has 2 aromatic rings. The Balaban J connectivity index is 2.22. The first-order valence-corrected chi connectivity index (χ1v) is 4.86. The van der Waals surface area contributed by atoms with E-state index in [1.54, 1.807) is 18.5 Å². The van der Waals surface area contributed by atoms with Crippen LogP contribution in [0.3, 0.4) is 0 Å². The van der Waals surface area contributed by atoms with E-state index in [0.29, 0.717) is 16.3 Å². The molecule has 0 saturated heterocycles. The predicted molar refractivity (Wildman–Crippen MR) is 51.7 cm³/mol. The number of pyridine rings is 1. The quantitative estimate of drug-likeness (QED) is 0.756. The minimum atomic E-state index is -0.393. The van der Waals surface area contributed by atoms with Gasteiger partial charge in [-0.05, 0) is 0 Å². The van der Waals surface area contributed by atoms with Gasteiger partial charge in [0.15, 0.2) is 5.58 Å². The van der Waals surface area contributed by atoms with Gasteiger partial charge in [0.2, 0.25) is 5.91 Å². The van der Waals surface area contributed by atoms with E-state index in [1.807, 2.05) is 0 Å². The van der Waals surface area contributed by atoms with Crippen molar-refractivity contribution in [3.05, 3.63) is 18.5 Å². The molecule has 2 N–H and O–H groups in total. The Bertz CT molecular complexity index is 435. The second-order valence-electron chi connectivity index (χ2n) is 2.58. The number of amides is 1. The first-order chi connectivity index (χ1) is 6.75. The van der Waals surface area contributed by atoms with Gasteiger partial charge >= 0.3 is 0 Å². The van der Waals surface area contributed by atoms with Gasteiger partial charge in [-0.3, -0.25) is 9.78 Å². The lowest BCUT2D eigenvalue weighted by Gasteiger charge is -1.88. The van der Waals surface area contributed by atoms with Crippen molar-refractivity contribution in [1.29, 1.82) is 0 Å². The zero-order valence-corrected chi connectivity index (χ0v) is 7.95. The van der Waals surface area contributed by atoms with Crippen molar-refractivity contribution >= 4 is 28.8 Å². The summed E-state index contributed by atoms with van der Waals surface area (Å²) in [5.41, 5.74) is 6.33. The number of fused-ring (bicyclic) bond motifs is 1. The fourth-order valence-electron chi connectivity index (χ4n) is 0.953. The van der Waals surface area contributed by atoms with Crippen molar-refractivity contribution in [2.75, 3.05) is 5.75 Å². The van der Waals surface area contributed by atoms with Gasteiger partial charge in [0.25, 0.3) is 5.22 Å². The first kappa shape index (κ1) is 9.01. The smallest absolute Gasteiger partial charge is 0.257 e. The van der Waals surface area contributed by atoms with Crippen LogP contribution in [-0.4, -0.2) is 21.6 Å². The van der Waals surface area contributed by atoms with Gasteiger partial charge in [0.05, 0.1) is 11.9 Å². The summed E-state index contributed by atoms with van der Waals surface area (Å²) in [5, 5.41) is 0.437. The molecule has 0 saturated carbocycles. The Labute approximate surface area is 83.7 Å². The van der Waals surface area contributed by atoms with Crippen LogP contribution in [0.5, 0.6) is 0 Å². The highest BCUT2D eigenvalue weighted by Crippen LogP contribution is 2.21. The standard InChI is InChI=1S/C8H7N3O2S/c9-7(12)4-14-8-11-5-3-10-2-1-6(5)13-8/h1-3H,4H2,(H2,9,12). The molecular formula is C8H7N3O2S. The summed E-state index contributed by atoms with van der Waals surface area (Å²) in [4.78, 5) is 18.5. The van der Waals surface area contributed by atoms with Crippen LogP contribution in [0.2, 0.25) is 0 Å². The Hall–Kier alpha value is -1.56. The number of hydrogen-bond acceptors (Lipinski definition) is 5. The lowest BCUT2D eigenvalue weighted by molar-refractivity contribution is -0.115. The number of oxazole rings is 1. The number of aromatic nitrogens is 2. The van der Waals surface area contributed by atoms with Crippen molar-refractivity contribution in [3.8, 4) is 0 Å². The van der Waals surface area contributed by atoms with E-state index in [0.717, 1.165) is 0 Å². The van der Waals surface area contributed by atoms with Crippen LogP contribution in [0.15, 0.2) is 28.1 Å². The Morgan fingerprint density at radius 2 is 2.50 bits per heavy atom. The molecule has 1 amide bonds. The molecule has 0 spiro atoms. The number of hydrogen-bond donors (Lipinski definition) is 1. The van der Waals surface area contributed by atoms with Crippen molar-refractivity contribution in [1.82, 2.24) is 9.97 Å². The third-order valence-electron chi connectivity index (χ3n) is 1.51. The van der Waals surface area contributed by atoms with Crippen LogP contribution in [0.25, 0.3) is 11.1 Å². The van der Waals surface area contributed by atoms with Crippen molar-refractivity contribution in [2.24, 2.45) is 5.73 Å².